The number of para-hydroxylation sites is 3. The van der Waals surface area contributed by atoms with Crippen molar-refractivity contribution in [3.8, 4) is 5.75 Å². The van der Waals surface area contributed by atoms with Crippen molar-refractivity contribution in [1.29, 1.82) is 0 Å². The summed E-state index contributed by atoms with van der Waals surface area (Å²) in [7, 11) is 1.57. The number of methoxy groups -OCH3 is 1. The van der Waals surface area contributed by atoms with Crippen LogP contribution in [0.5, 0.6) is 5.75 Å². The van der Waals surface area contributed by atoms with Crippen molar-refractivity contribution in [2.45, 2.75) is 13.3 Å². The van der Waals surface area contributed by atoms with Gasteiger partial charge in [-0.2, -0.15) is 0 Å². The number of carbonyl (C=O) groups excluding carboxylic acids is 2. The van der Waals surface area contributed by atoms with E-state index in [9.17, 15) is 9.59 Å². The predicted octanol–water partition coefficient (Wildman–Crippen LogP) is 1.28. The smallest absolute Gasteiger partial charge is 0.278 e. The molecule has 2 aromatic carbocycles. The molecule has 2 N–H and O–H groups in total. The summed E-state index contributed by atoms with van der Waals surface area (Å²) in [5.41, 5.74) is 1.84. The lowest BCUT2D eigenvalue weighted by molar-refractivity contribution is -0.892. The number of benzene rings is 2. The Morgan fingerprint density at radius 2 is 1.74 bits per heavy atom. The molecule has 0 saturated carbocycles. The molecule has 1 heterocycles. The fourth-order valence-electron chi connectivity index (χ4n) is 3.90. The molecule has 31 heavy (non-hydrogen) atoms. The first-order chi connectivity index (χ1) is 15.1. The van der Waals surface area contributed by atoms with Crippen molar-refractivity contribution < 1.29 is 19.2 Å². The fraction of sp³-hybridized carbons (Fsp3) is 0.417. The second-order valence-electron chi connectivity index (χ2n) is 7.81. The van der Waals surface area contributed by atoms with Crippen molar-refractivity contribution in [1.82, 2.24) is 4.90 Å². The van der Waals surface area contributed by atoms with Crippen molar-refractivity contribution >= 4 is 23.2 Å². The van der Waals surface area contributed by atoms with E-state index in [4.69, 9.17) is 4.74 Å². The summed E-state index contributed by atoms with van der Waals surface area (Å²) in [6.07, 6.45) is 0.810. The van der Waals surface area contributed by atoms with Gasteiger partial charge in [-0.1, -0.05) is 37.3 Å². The quantitative estimate of drug-likeness (QED) is 0.635. The minimum Gasteiger partial charge on any atom is -0.495 e. The van der Waals surface area contributed by atoms with Gasteiger partial charge in [-0.15, -0.1) is 0 Å². The lowest BCUT2D eigenvalue weighted by Gasteiger charge is -2.34. The van der Waals surface area contributed by atoms with E-state index < -0.39 is 0 Å². The molecule has 0 unspecified atom stereocenters. The fourth-order valence-corrected chi connectivity index (χ4v) is 3.90. The van der Waals surface area contributed by atoms with Gasteiger partial charge in [-0.25, -0.2) is 0 Å². The number of nitrogens with one attached hydrogen (secondary N) is 2. The molecular formula is C24H33N4O3+. The highest BCUT2D eigenvalue weighted by molar-refractivity contribution is 5.95. The molecule has 0 aromatic heterocycles. The van der Waals surface area contributed by atoms with Crippen LogP contribution in [0.4, 0.5) is 11.4 Å². The van der Waals surface area contributed by atoms with Crippen LogP contribution in [0.3, 0.4) is 0 Å². The first-order valence-corrected chi connectivity index (χ1v) is 10.9. The average Bonchev–Trinajstić information content (AvgIpc) is 2.80. The van der Waals surface area contributed by atoms with Gasteiger partial charge >= 0.3 is 0 Å². The van der Waals surface area contributed by atoms with Gasteiger partial charge in [0.2, 0.25) is 5.91 Å². The number of amides is 2. The van der Waals surface area contributed by atoms with Crippen LogP contribution in [0, 0.1) is 0 Å². The van der Waals surface area contributed by atoms with Crippen LogP contribution in [0.2, 0.25) is 0 Å². The van der Waals surface area contributed by atoms with Gasteiger partial charge < -0.3 is 24.8 Å². The third-order valence-electron chi connectivity index (χ3n) is 5.55. The van der Waals surface area contributed by atoms with Crippen molar-refractivity contribution in [2.75, 3.05) is 63.1 Å². The number of quaternary nitrogens is 1. The number of nitrogens with zero attached hydrogens (tertiary/aromatic N) is 2. The Hall–Kier alpha value is -3.06. The van der Waals surface area contributed by atoms with E-state index in [0.717, 1.165) is 32.6 Å². The van der Waals surface area contributed by atoms with Crippen LogP contribution in [-0.2, 0) is 9.59 Å². The molecule has 0 spiro atoms. The normalized spacial score (nSPS) is 14.2. The molecule has 1 aliphatic rings. The molecule has 2 amide bonds. The molecule has 2 aromatic rings. The molecule has 7 nitrogen and oxygen atoms in total. The highest BCUT2D eigenvalue weighted by Crippen LogP contribution is 2.22. The van der Waals surface area contributed by atoms with Crippen molar-refractivity contribution in [2.24, 2.45) is 0 Å². The molecule has 3 rings (SSSR count). The van der Waals surface area contributed by atoms with E-state index >= 15 is 0 Å². The second-order valence-corrected chi connectivity index (χ2v) is 7.81. The average molecular weight is 426 g/mol. The Morgan fingerprint density at radius 1 is 1.06 bits per heavy atom. The Kier molecular flexibility index (Phi) is 8.29. The summed E-state index contributed by atoms with van der Waals surface area (Å²) in [5.74, 6) is 0.417. The lowest BCUT2D eigenvalue weighted by Crippen LogP contribution is -3.16. The first kappa shape index (κ1) is 22.6. The van der Waals surface area contributed by atoms with Gasteiger partial charge in [0, 0.05) is 12.2 Å². The summed E-state index contributed by atoms with van der Waals surface area (Å²) < 4.78 is 5.28. The summed E-state index contributed by atoms with van der Waals surface area (Å²) in [5, 5.41) is 2.86. The maximum absolute atomic E-state index is 13.0. The van der Waals surface area contributed by atoms with E-state index in [1.807, 2.05) is 25.1 Å². The van der Waals surface area contributed by atoms with Crippen LogP contribution in [0.25, 0.3) is 0 Å². The second kappa shape index (κ2) is 11.4. The van der Waals surface area contributed by atoms with E-state index in [0.29, 0.717) is 24.5 Å². The number of ether oxygens (including phenoxy) is 1. The third kappa shape index (κ3) is 6.46. The predicted molar refractivity (Wildman–Crippen MR) is 123 cm³/mol. The van der Waals surface area contributed by atoms with Gasteiger partial charge in [0.25, 0.3) is 5.91 Å². The zero-order chi connectivity index (χ0) is 22.1. The summed E-state index contributed by atoms with van der Waals surface area (Å²) in [6, 6.07) is 17.7. The largest absolute Gasteiger partial charge is 0.495 e. The van der Waals surface area contributed by atoms with Gasteiger partial charge in [-0.3, -0.25) is 9.59 Å². The number of hydrogen-bond acceptors (Lipinski definition) is 4. The zero-order valence-corrected chi connectivity index (χ0v) is 18.5. The number of anilines is 2. The van der Waals surface area contributed by atoms with Crippen LogP contribution >= 0.6 is 0 Å². The first-order valence-electron chi connectivity index (χ1n) is 10.9. The highest BCUT2D eigenvalue weighted by Gasteiger charge is 2.25. The van der Waals surface area contributed by atoms with Crippen LogP contribution < -0.4 is 19.9 Å². The van der Waals surface area contributed by atoms with Crippen molar-refractivity contribution in [3.63, 3.8) is 0 Å². The topological polar surface area (TPSA) is 66.3 Å². The standard InChI is InChI=1S/C24H32N4O3/c1-3-13-28(18-23(29)25-21-11-7-8-12-22(21)31-2)24(30)19-26-14-16-27(17-15-26)20-9-5-4-6-10-20/h4-12H,3,13-19H2,1-2H3,(H,25,29)/p+1. The zero-order valence-electron chi connectivity index (χ0n) is 18.5. The molecule has 7 heteroatoms. The minimum atomic E-state index is -0.213. The Bertz CT molecular complexity index is 851. The Labute approximate surface area is 184 Å². The molecule has 0 atom stereocenters. The van der Waals surface area contributed by atoms with E-state index in [2.05, 4.69) is 34.5 Å². The van der Waals surface area contributed by atoms with Crippen LogP contribution in [0.15, 0.2) is 54.6 Å². The van der Waals surface area contributed by atoms with Crippen LogP contribution in [-0.4, -0.2) is 69.6 Å². The monoisotopic (exact) mass is 425 g/mol. The molecule has 1 saturated heterocycles. The van der Waals surface area contributed by atoms with Gasteiger partial charge in [-0.05, 0) is 30.7 Å². The Balaban J connectivity index is 1.51. The van der Waals surface area contributed by atoms with Crippen LogP contribution in [0.1, 0.15) is 13.3 Å². The van der Waals surface area contributed by atoms with Crippen molar-refractivity contribution in [3.05, 3.63) is 54.6 Å². The highest BCUT2D eigenvalue weighted by atomic mass is 16.5. The number of piperazine rings is 1. The SMILES string of the molecule is CCCN(CC(=O)Nc1ccccc1OC)C(=O)C[NH+]1CCN(c2ccccc2)CC1. The van der Waals surface area contributed by atoms with E-state index in [1.54, 1.807) is 24.1 Å². The van der Waals surface area contributed by atoms with E-state index in [1.165, 1.54) is 10.6 Å². The maximum Gasteiger partial charge on any atom is 0.278 e. The molecule has 1 aliphatic heterocycles. The third-order valence-corrected chi connectivity index (χ3v) is 5.55. The number of hydrogen-bond donors (Lipinski definition) is 2. The molecule has 166 valence electrons. The molecule has 0 radical (unpaired) electrons. The Morgan fingerprint density at radius 3 is 2.42 bits per heavy atom. The van der Waals surface area contributed by atoms with Gasteiger partial charge in [0.15, 0.2) is 6.54 Å². The molecule has 0 aliphatic carbocycles. The van der Waals surface area contributed by atoms with Gasteiger partial charge in [0.1, 0.15) is 12.3 Å². The van der Waals surface area contributed by atoms with Gasteiger partial charge in [0.05, 0.1) is 39.0 Å². The van der Waals surface area contributed by atoms with E-state index in [-0.39, 0.29) is 18.4 Å². The lowest BCUT2D eigenvalue weighted by atomic mass is 10.2. The summed E-state index contributed by atoms with van der Waals surface area (Å²) in [4.78, 5) is 30.8. The summed E-state index contributed by atoms with van der Waals surface area (Å²) >= 11 is 0. The molecular weight excluding hydrogens is 392 g/mol. The summed E-state index contributed by atoms with van der Waals surface area (Å²) in [6.45, 7) is 6.73. The molecule has 0 bridgehead atoms. The number of rotatable bonds is 9. The molecule has 1 fully saturated rings. The maximum atomic E-state index is 13.0. The number of carbonyl (C=O) groups is 2. The minimum absolute atomic E-state index is 0.0280.